The summed E-state index contributed by atoms with van der Waals surface area (Å²) >= 11 is 5.85. The smallest absolute Gasteiger partial charge is 0.264 e. The fraction of sp³-hybridized carbons (Fsp3) is 0.250. The molecule has 1 heterocycles. The van der Waals surface area contributed by atoms with Gasteiger partial charge in [0.1, 0.15) is 11.5 Å². The average Bonchev–Trinajstić information content (AvgIpc) is 3.12. The molecule has 0 fully saturated rings. The first-order valence-electron chi connectivity index (χ1n) is 8.74. The van der Waals surface area contributed by atoms with E-state index in [0.29, 0.717) is 34.8 Å². The van der Waals surface area contributed by atoms with E-state index in [-0.39, 0.29) is 19.1 Å². The highest BCUT2D eigenvalue weighted by molar-refractivity contribution is 6.30. The molecule has 0 atom stereocenters. The van der Waals surface area contributed by atoms with Crippen LogP contribution in [0.2, 0.25) is 5.02 Å². The highest BCUT2D eigenvalue weighted by Crippen LogP contribution is 2.18. The molecule has 3 rings (SSSR count). The zero-order chi connectivity index (χ0) is 19.8. The van der Waals surface area contributed by atoms with Gasteiger partial charge >= 0.3 is 0 Å². The van der Waals surface area contributed by atoms with Gasteiger partial charge in [-0.1, -0.05) is 28.9 Å². The number of rotatable bonds is 9. The maximum Gasteiger partial charge on any atom is 0.264 e. The first kappa shape index (κ1) is 19.7. The van der Waals surface area contributed by atoms with Crippen LogP contribution < -0.4 is 14.8 Å². The summed E-state index contributed by atoms with van der Waals surface area (Å²) in [6.45, 7) is 2.41. The number of hydrogen-bond acceptors (Lipinski definition) is 6. The van der Waals surface area contributed by atoms with Crippen molar-refractivity contribution in [2.45, 2.75) is 20.0 Å². The molecule has 28 heavy (non-hydrogen) atoms. The van der Waals surface area contributed by atoms with Crippen molar-refractivity contribution >= 4 is 17.5 Å². The molecule has 2 aromatic carbocycles. The van der Waals surface area contributed by atoms with Crippen LogP contribution in [0, 0.1) is 6.92 Å². The van der Waals surface area contributed by atoms with E-state index in [0.717, 1.165) is 12.0 Å². The lowest BCUT2D eigenvalue weighted by atomic mass is 10.1. The van der Waals surface area contributed by atoms with Crippen LogP contribution >= 0.6 is 11.6 Å². The number of nitrogens with one attached hydrogen (secondary N) is 1. The van der Waals surface area contributed by atoms with Crippen LogP contribution in [0.1, 0.15) is 17.3 Å². The number of halogens is 1. The Morgan fingerprint density at radius 2 is 1.75 bits per heavy atom. The van der Waals surface area contributed by atoms with E-state index in [1.165, 1.54) is 0 Å². The molecule has 1 N–H and O–H groups in total. The number of nitrogens with zero attached hydrogens (tertiary/aromatic N) is 2. The summed E-state index contributed by atoms with van der Waals surface area (Å²) in [5.41, 5.74) is 1.11. The molecule has 0 saturated carbocycles. The lowest BCUT2D eigenvalue weighted by molar-refractivity contribution is -0.123. The van der Waals surface area contributed by atoms with Gasteiger partial charge in [-0.25, -0.2) is 0 Å². The molecule has 146 valence electrons. The third-order valence-electron chi connectivity index (χ3n) is 3.77. The zero-order valence-electron chi connectivity index (χ0n) is 15.4. The van der Waals surface area contributed by atoms with Gasteiger partial charge in [-0.15, -0.1) is 0 Å². The Morgan fingerprint density at radius 1 is 1.07 bits per heavy atom. The molecule has 7 nitrogen and oxygen atoms in total. The fourth-order valence-corrected chi connectivity index (χ4v) is 2.50. The number of hydrogen-bond donors (Lipinski definition) is 1. The van der Waals surface area contributed by atoms with Gasteiger partial charge in [0.25, 0.3) is 11.8 Å². The van der Waals surface area contributed by atoms with Gasteiger partial charge < -0.3 is 19.3 Å². The van der Waals surface area contributed by atoms with Crippen LogP contribution in [0.3, 0.4) is 0 Å². The van der Waals surface area contributed by atoms with Gasteiger partial charge in [0.2, 0.25) is 0 Å². The van der Waals surface area contributed by atoms with E-state index in [2.05, 4.69) is 15.5 Å². The molecule has 8 heteroatoms. The summed E-state index contributed by atoms with van der Waals surface area (Å²) in [5, 5.41) is 7.22. The van der Waals surface area contributed by atoms with E-state index in [9.17, 15) is 4.79 Å². The number of aryl methyl sites for hydroxylation is 1. The molecule has 0 aliphatic carbocycles. The number of carbonyl (C=O) groups excluding carboxylic acids is 1. The average molecular weight is 402 g/mol. The molecule has 1 amide bonds. The van der Waals surface area contributed by atoms with Crippen molar-refractivity contribution < 1.29 is 18.8 Å². The van der Waals surface area contributed by atoms with E-state index in [1.807, 2.05) is 24.3 Å². The quantitative estimate of drug-likeness (QED) is 0.591. The SMILES string of the molecule is Cc1noc(COc2ccc(OCC(=O)NCCc3ccc(Cl)cc3)cc2)n1. The Kier molecular flexibility index (Phi) is 6.86. The molecular weight excluding hydrogens is 382 g/mol. The molecule has 0 radical (unpaired) electrons. The third-order valence-corrected chi connectivity index (χ3v) is 4.03. The number of amides is 1. The normalized spacial score (nSPS) is 10.5. The second-order valence-corrected chi connectivity index (χ2v) is 6.45. The number of aromatic nitrogens is 2. The van der Waals surface area contributed by atoms with Crippen molar-refractivity contribution in [2.75, 3.05) is 13.2 Å². The molecule has 0 saturated heterocycles. The van der Waals surface area contributed by atoms with Crippen molar-refractivity contribution in [1.29, 1.82) is 0 Å². The van der Waals surface area contributed by atoms with Crippen LogP contribution in [0.5, 0.6) is 11.5 Å². The predicted molar refractivity (Wildman–Crippen MR) is 103 cm³/mol. The fourth-order valence-electron chi connectivity index (χ4n) is 2.37. The van der Waals surface area contributed by atoms with Crippen LogP contribution in [-0.2, 0) is 17.8 Å². The monoisotopic (exact) mass is 401 g/mol. The molecule has 0 unspecified atom stereocenters. The first-order chi connectivity index (χ1) is 13.6. The first-order valence-corrected chi connectivity index (χ1v) is 9.12. The van der Waals surface area contributed by atoms with Gasteiger partial charge in [0.15, 0.2) is 19.0 Å². The van der Waals surface area contributed by atoms with Gasteiger partial charge in [-0.05, 0) is 55.3 Å². The number of carbonyl (C=O) groups is 1. The van der Waals surface area contributed by atoms with Crippen molar-refractivity contribution in [3.8, 4) is 11.5 Å². The zero-order valence-corrected chi connectivity index (χ0v) is 16.1. The summed E-state index contributed by atoms with van der Waals surface area (Å²) in [6.07, 6.45) is 0.731. The standard InChI is InChI=1S/C20H20ClN3O4/c1-14-23-20(28-24-14)13-27-18-8-6-17(7-9-18)26-12-19(25)22-11-10-15-2-4-16(21)5-3-15/h2-9H,10-13H2,1H3,(H,22,25). The molecule has 0 bridgehead atoms. The topological polar surface area (TPSA) is 86.5 Å². The Morgan fingerprint density at radius 3 is 2.39 bits per heavy atom. The minimum atomic E-state index is -0.180. The summed E-state index contributed by atoms with van der Waals surface area (Å²) in [7, 11) is 0. The van der Waals surface area contributed by atoms with Crippen LogP contribution in [0.15, 0.2) is 53.1 Å². The molecule has 0 spiro atoms. The van der Waals surface area contributed by atoms with E-state index in [4.69, 9.17) is 25.6 Å². The highest BCUT2D eigenvalue weighted by atomic mass is 35.5. The molecule has 0 aliphatic heterocycles. The van der Waals surface area contributed by atoms with Gasteiger partial charge in [-0.2, -0.15) is 4.98 Å². The largest absolute Gasteiger partial charge is 0.484 e. The summed E-state index contributed by atoms with van der Waals surface area (Å²) in [4.78, 5) is 15.9. The second-order valence-electron chi connectivity index (χ2n) is 6.01. The van der Waals surface area contributed by atoms with E-state index in [1.54, 1.807) is 31.2 Å². The number of benzene rings is 2. The molecule has 0 aliphatic rings. The van der Waals surface area contributed by atoms with Crippen LogP contribution in [0.4, 0.5) is 0 Å². The summed E-state index contributed by atoms with van der Waals surface area (Å²) < 4.78 is 16.0. The van der Waals surface area contributed by atoms with Crippen molar-refractivity contribution in [3.05, 3.63) is 70.8 Å². The van der Waals surface area contributed by atoms with Crippen molar-refractivity contribution in [1.82, 2.24) is 15.5 Å². The van der Waals surface area contributed by atoms with Gasteiger partial charge in [0.05, 0.1) is 0 Å². The summed E-state index contributed by atoms with van der Waals surface area (Å²) in [6, 6.07) is 14.5. The summed E-state index contributed by atoms with van der Waals surface area (Å²) in [5.74, 6) is 2.01. The van der Waals surface area contributed by atoms with Gasteiger partial charge in [0, 0.05) is 11.6 Å². The number of ether oxygens (including phenoxy) is 2. The highest BCUT2D eigenvalue weighted by Gasteiger charge is 2.05. The Labute approximate surface area is 167 Å². The second kappa shape index (κ2) is 9.75. The molecular formula is C20H20ClN3O4. The van der Waals surface area contributed by atoms with Crippen LogP contribution in [-0.4, -0.2) is 29.2 Å². The Bertz CT molecular complexity index is 895. The van der Waals surface area contributed by atoms with Crippen molar-refractivity contribution in [3.63, 3.8) is 0 Å². The lowest BCUT2D eigenvalue weighted by Crippen LogP contribution is -2.30. The maximum atomic E-state index is 11.9. The maximum absolute atomic E-state index is 11.9. The third kappa shape index (κ3) is 6.28. The predicted octanol–water partition coefficient (Wildman–Crippen LogP) is 3.35. The molecule has 1 aromatic heterocycles. The van der Waals surface area contributed by atoms with Crippen molar-refractivity contribution in [2.24, 2.45) is 0 Å². The van der Waals surface area contributed by atoms with E-state index >= 15 is 0 Å². The molecule has 3 aromatic rings. The minimum absolute atomic E-state index is 0.0535. The van der Waals surface area contributed by atoms with E-state index < -0.39 is 0 Å². The Balaban J connectivity index is 1.35. The lowest BCUT2D eigenvalue weighted by Gasteiger charge is -2.09. The van der Waals surface area contributed by atoms with Gasteiger partial charge in [-0.3, -0.25) is 4.79 Å². The van der Waals surface area contributed by atoms with Crippen LogP contribution in [0.25, 0.3) is 0 Å². The Hall–Kier alpha value is -3.06. The minimum Gasteiger partial charge on any atom is -0.484 e.